The monoisotopic (exact) mass is 302 g/mol. The van der Waals surface area contributed by atoms with Crippen molar-refractivity contribution < 1.29 is 4.79 Å². The van der Waals surface area contributed by atoms with Crippen LogP contribution in [0.1, 0.15) is 32.6 Å². The molecule has 5 heteroatoms. The van der Waals surface area contributed by atoms with Gasteiger partial charge in [0.15, 0.2) is 0 Å². The Morgan fingerprint density at radius 3 is 2.42 bits per heavy atom. The maximum Gasteiger partial charge on any atom is 0.221 e. The normalized spacial score (nSPS) is 10.3. The van der Waals surface area contributed by atoms with Crippen molar-refractivity contribution in [2.24, 2.45) is 0 Å². The highest BCUT2D eigenvalue weighted by atomic mass is 35.5. The van der Waals surface area contributed by atoms with Gasteiger partial charge in [-0.2, -0.15) is 0 Å². The van der Waals surface area contributed by atoms with Crippen molar-refractivity contribution in [2.45, 2.75) is 32.6 Å². The Bertz CT molecular complexity index is 390. The van der Waals surface area contributed by atoms with E-state index in [2.05, 4.69) is 17.6 Å². The zero-order valence-electron chi connectivity index (χ0n) is 11.1. The van der Waals surface area contributed by atoms with Gasteiger partial charge in [0, 0.05) is 35.2 Å². The molecule has 0 unspecified atom stereocenters. The maximum absolute atomic E-state index is 11.5. The number of halogens is 2. The Hall–Kier alpha value is -0.930. The van der Waals surface area contributed by atoms with Gasteiger partial charge in [0.05, 0.1) is 0 Å². The van der Waals surface area contributed by atoms with E-state index < -0.39 is 0 Å². The zero-order chi connectivity index (χ0) is 14.1. The molecule has 1 rings (SSSR count). The van der Waals surface area contributed by atoms with E-state index in [1.54, 1.807) is 18.2 Å². The third kappa shape index (κ3) is 7.28. The lowest BCUT2D eigenvalue weighted by Gasteiger charge is -2.08. The molecule has 1 amide bonds. The molecule has 3 nitrogen and oxygen atoms in total. The summed E-state index contributed by atoms with van der Waals surface area (Å²) < 4.78 is 0. The Morgan fingerprint density at radius 1 is 1.11 bits per heavy atom. The quantitative estimate of drug-likeness (QED) is 0.710. The van der Waals surface area contributed by atoms with Crippen molar-refractivity contribution in [3.8, 4) is 0 Å². The van der Waals surface area contributed by atoms with Gasteiger partial charge in [0.25, 0.3) is 0 Å². The molecule has 0 heterocycles. The molecule has 2 N–H and O–H groups in total. The van der Waals surface area contributed by atoms with E-state index in [-0.39, 0.29) is 5.91 Å². The van der Waals surface area contributed by atoms with E-state index in [0.717, 1.165) is 31.5 Å². The molecule has 0 atom stereocenters. The number of benzene rings is 1. The zero-order valence-corrected chi connectivity index (χ0v) is 12.7. The van der Waals surface area contributed by atoms with Gasteiger partial charge in [-0.25, -0.2) is 0 Å². The average molecular weight is 303 g/mol. The lowest BCUT2D eigenvalue weighted by atomic mass is 10.2. The second-order valence-corrected chi connectivity index (χ2v) is 5.26. The summed E-state index contributed by atoms with van der Waals surface area (Å²) in [4.78, 5) is 11.5. The first-order valence-corrected chi connectivity index (χ1v) is 7.34. The third-order valence-corrected chi connectivity index (χ3v) is 3.08. The summed E-state index contributed by atoms with van der Waals surface area (Å²) in [6.45, 7) is 3.47. The minimum Gasteiger partial charge on any atom is -0.384 e. The van der Waals surface area contributed by atoms with Gasteiger partial charge in [-0.15, -0.1) is 0 Å². The van der Waals surface area contributed by atoms with Crippen LogP contribution in [0.15, 0.2) is 18.2 Å². The van der Waals surface area contributed by atoms with Crippen molar-refractivity contribution >= 4 is 34.8 Å². The first-order chi connectivity index (χ1) is 9.11. The summed E-state index contributed by atoms with van der Waals surface area (Å²) in [6.07, 6.45) is 3.79. The van der Waals surface area contributed by atoms with Crippen molar-refractivity contribution in [1.29, 1.82) is 0 Å². The Morgan fingerprint density at radius 2 is 1.79 bits per heavy atom. The Balaban J connectivity index is 2.20. The highest BCUT2D eigenvalue weighted by molar-refractivity contribution is 6.35. The lowest BCUT2D eigenvalue weighted by Crippen LogP contribution is -2.26. The summed E-state index contributed by atoms with van der Waals surface area (Å²) in [5.74, 6) is 0.0664. The number of nitrogens with one attached hydrogen (secondary N) is 2. The molecule has 1 aromatic rings. The molecule has 0 aliphatic carbocycles. The van der Waals surface area contributed by atoms with Crippen molar-refractivity contribution in [1.82, 2.24) is 5.32 Å². The summed E-state index contributed by atoms with van der Waals surface area (Å²) >= 11 is 11.8. The average Bonchev–Trinajstić information content (AvgIpc) is 2.33. The molecular formula is C14H20Cl2N2O. The van der Waals surface area contributed by atoms with Crippen molar-refractivity contribution in [3.63, 3.8) is 0 Å². The van der Waals surface area contributed by atoms with Crippen LogP contribution in [-0.2, 0) is 4.79 Å². The summed E-state index contributed by atoms with van der Waals surface area (Å²) in [5.41, 5.74) is 0.830. The second kappa shape index (κ2) is 9.05. The molecule has 0 saturated heterocycles. The van der Waals surface area contributed by atoms with Gasteiger partial charge in [-0.05, 0) is 24.6 Å². The SMILES string of the molecule is CCCCCNC(=O)CCNc1cc(Cl)cc(Cl)c1. The minimum absolute atomic E-state index is 0.0664. The number of hydrogen-bond acceptors (Lipinski definition) is 2. The fourth-order valence-corrected chi connectivity index (χ4v) is 2.19. The van der Waals surface area contributed by atoms with E-state index in [1.165, 1.54) is 0 Å². The molecule has 19 heavy (non-hydrogen) atoms. The number of hydrogen-bond donors (Lipinski definition) is 2. The Kier molecular flexibility index (Phi) is 7.68. The summed E-state index contributed by atoms with van der Waals surface area (Å²) in [5, 5.41) is 7.19. The molecule has 0 spiro atoms. The van der Waals surface area contributed by atoms with Crippen molar-refractivity contribution in [2.75, 3.05) is 18.4 Å². The molecule has 0 bridgehead atoms. The lowest BCUT2D eigenvalue weighted by molar-refractivity contribution is -0.120. The smallest absolute Gasteiger partial charge is 0.221 e. The number of anilines is 1. The first kappa shape index (κ1) is 16.1. The highest BCUT2D eigenvalue weighted by Gasteiger charge is 2.01. The fraction of sp³-hybridized carbons (Fsp3) is 0.500. The number of unbranched alkanes of at least 4 members (excludes halogenated alkanes) is 2. The van der Waals surface area contributed by atoms with E-state index in [4.69, 9.17) is 23.2 Å². The van der Waals surface area contributed by atoms with E-state index in [0.29, 0.717) is 23.0 Å². The van der Waals surface area contributed by atoms with E-state index in [9.17, 15) is 4.79 Å². The fourth-order valence-electron chi connectivity index (χ4n) is 1.67. The van der Waals surface area contributed by atoms with Gasteiger partial charge in [-0.1, -0.05) is 43.0 Å². The highest BCUT2D eigenvalue weighted by Crippen LogP contribution is 2.22. The molecule has 0 saturated carbocycles. The molecule has 0 aliphatic rings. The van der Waals surface area contributed by atoms with Crippen LogP contribution in [0.2, 0.25) is 10.0 Å². The van der Waals surface area contributed by atoms with E-state index in [1.807, 2.05) is 0 Å². The number of carbonyl (C=O) groups is 1. The first-order valence-electron chi connectivity index (χ1n) is 6.58. The molecular weight excluding hydrogens is 283 g/mol. The van der Waals surface area contributed by atoms with Gasteiger partial charge in [0.1, 0.15) is 0 Å². The third-order valence-electron chi connectivity index (χ3n) is 2.65. The van der Waals surface area contributed by atoms with Gasteiger partial charge >= 0.3 is 0 Å². The van der Waals surface area contributed by atoms with Crippen LogP contribution in [0.5, 0.6) is 0 Å². The molecule has 0 radical (unpaired) electrons. The molecule has 1 aromatic carbocycles. The number of amides is 1. The minimum atomic E-state index is 0.0664. The molecule has 0 fully saturated rings. The second-order valence-electron chi connectivity index (χ2n) is 4.39. The van der Waals surface area contributed by atoms with Crippen LogP contribution in [-0.4, -0.2) is 19.0 Å². The van der Waals surface area contributed by atoms with E-state index >= 15 is 0 Å². The van der Waals surface area contributed by atoms with Gasteiger partial charge in [0.2, 0.25) is 5.91 Å². The van der Waals surface area contributed by atoms with Crippen LogP contribution in [0.25, 0.3) is 0 Å². The predicted octanol–water partition coefficient (Wildman–Crippen LogP) is 4.10. The van der Waals surface area contributed by atoms with Crippen LogP contribution in [0.4, 0.5) is 5.69 Å². The van der Waals surface area contributed by atoms with Gasteiger partial charge in [-0.3, -0.25) is 4.79 Å². The Labute approximate surface area is 124 Å². The summed E-state index contributed by atoms with van der Waals surface area (Å²) in [7, 11) is 0. The van der Waals surface area contributed by atoms with Crippen LogP contribution >= 0.6 is 23.2 Å². The maximum atomic E-state index is 11.5. The van der Waals surface area contributed by atoms with Crippen LogP contribution in [0, 0.1) is 0 Å². The predicted molar refractivity (Wildman–Crippen MR) is 82.1 cm³/mol. The summed E-state index contributed by atoms with van der Waals surface area (Å²) in [6, 6.07) is 5.24. The van der Waals surface area contributed by atoms with Crippen LogP contribution < -0.4 is 10.6 Å². The molecule has 106 valence electrons. The largest absolute Gasteiger partial charge is 0.384 e. The van der Waals surface area contributed by atoms with Crippen LogP contribution in [0.3, 0.4) is 0 Å². The number of carbonyl (C=O) groups excluding carboxylic acids is 1. The number of rotatable bonds is 8. The topological polar surface area (TPSA) is 41.1 Å². The van der Waals surface area contributed by atoms with Crippen molar-refractivity contribution in [3.05, 3.63) is 28.2 Å². The molecule has 0 aliphatic heterocycles. The van der Waals surface area contributed by atoms with Gasteiger partial charge < -0.3 is 10.6 Å². The molecule has 0 aromatic heterocycles. The standard InChI is InChI=1S/C14H20Cl2N2O/c1-2-3-4-6-18-14(19)5-7-17-13-9-11(15)8-12(16)10-13/h8-10,17H,2-7H2,1H3,(H,18,19).